The van der Waals surface area contributed by atoms with Crippen LogP contribution < -0.4 is 15.5 Å². The zero-order chi connectivity index (χ0) is 16.8. The summed E-state index contributed by atoms with van der Waals surface area (Å²) >= 11 is 6.10. The summed E-state index contributed by atoms with van der Waals surface area (Å²) in [6.45, 7) is 5.37. The maximum absolute atomic E-state index is 6.10. The van der Waals surface area contributed by atoms with E-state index < -0.39 is 0 Å². The number of rotatable bonds is 5. The fraction of sp³-hybridized carbons (Fsp3) is 0.389. The Morgan fingerprint density at radius 1 is 1.36 bits per heavy atom. The van der Waals surface area contributed by atoms with Crippen LogP contribution in [0.25, 0.3) is 0 Å². The molecule has 5 nitrogen and oxygen atoms in total. The van der Waals surface area contributed by atoms with Crippen molar-refractivity contribution in [2.45, 2.75) is 25.9 Å². The van der Waals surface area contributed by atoms with Crippen molar-refractivity contribution in [2.24, 2.45) is 4.99 Å². The van der Waals surface area contributed by atoms with Gasteiger partial charge >= 0.3 is 0 Å². The lowest BCUT2D eigenvalue weighted by molar-refractivity contribution is 0.511. The molecule has 2 heterocycles. The fourth-order valence-corrected chi connectivity index (χ4v) is 3.04. The lowest BCUT2D eigenvalue weighted by Crippen LogP contribution is -2.44. The number of anilines is 1. The van der Waals surface area contributed by atoms with Crippen LogP contribution in [0.2, 0.25) is 5.02 Å². The van der Waals surface area contributed by atoms with Gasteiger partial charge in [-0.25, -0.2) is 4.99 Å². The monoisotopic (exact) mass is 474 g/mol. The van der Waals surface area contributed by atoms with Gasteiger partial charge in [-0.05, 0) is 43.7 Å². The Hall–Kier alpha value is -1.41. The summed E-state index contributed by atoms with van der Waals surface area (Å²) in [6.07, 6.45) is 2.74. The summed E-state index contributed by atoms with van der Waals surface area (Å²) in [5.41, 5.74) is 1.17. The predicted octanol–water partition coefficient (Wildman–Crippen LogP) is 3.89. The summed E-state index contributed by atoms with van der Waals surface area (Å²) in [5, 5.41) is 7.58. The standard InChI is InChI=1S/C18H23ClN4O.HI/c1-2-20-18(21-12-17-7-4-10-24-17)22-15-8-9-23(13-15)16-6-3-5-14(19)11-16;/h3-7,10-11,15H,2,8-9,12-13H2,1H3,(H2,20,21,22);1H. The maximum atomic E-state index is 6.10. The molecular weight excluding hydrogens is 451 g/mol. The van der Waals surface area contributed by atoms with E-state index in [0.717, 1.165) is 42.8 Å². The second-order valence-corrected chi connectivity index (χ2v) is 6.27. The molecule has 3 rings (SSSR count). The molecule has 2 aromatic rings. The molecule has 1 unspecified atom stereocenters. The minimum absolute atomic E-state index is 0. The molecule has 1 atom stereocenters. The first-order chi connectivity index (χ1) is 11.7. The van der Waals surface area contributed by atoms with E-state index in [4.69, 9.17) is 16.0 Å². The van der Waals surface area contributed by atoms with E-state index in [1.807, 2.05) is 30.3 Å². The Bertz CT molecular complexity index is 677. The van der Waals surface area contributed by atoms with Crippen LogP contribution in [0.1, 0.15) is 19.1 Å². The van der Waals surface area contributed by atoms with E-state index in [0.29, 0.717) is 12.6 Å². The molecule has 1 aliphatic heterocycles. The Morgan fingerprint density at radius 2 is 2.24 bits per heavy atom. The molecule has 2 N–H and O–H groups in total. The van der Waals surface area contributed by atoms with E-state index in [1.54, 1.807) is 6.26 Å². The number of furan rings is 1. The van der Waals surface area contributed by atoms with Crippen LogP contribution >= 0.6 is 35.6 Å². The lowest BCUT2D eigenvalue weighted by Gasteiger charge is -2.20. The van der Waals surface area contributed by atoms with Crippen LogP contribution in [0, 0.1) is 0 Å². The molecule has 0 bridgehead atoms. The topological polar surface area (TPSA) is 52.8 Å². The van der Waals surface area contributed by atoms with Crippen molar-refractivity contribution >= 4 is 47.2 Å². The Labute approximate surface area is 170 Å². The van der Waals surface area contributed by atoms with Crippen LogP contribution in [0.3, 0.4) is 0 Å². The van der Waals surface area contributed by atoms with Crippen LogP contribution in [0.4, 0.5) is 5.69 Å². The minimum atomic E-state index is 0. The van der Waals surface area contributed by atoms with Crippen molar-refractivity contribution in [3.05, 3.63) is 53.4 Å². The van der Waals surface area contributed by atoms with E-state index in [2.05, 4.69) is 33.5 Å². The highest BCUT2D eigenvalue weighted by molar-refractivity contribution is 14.0. The summed E-state index contributed by atoms with van der Waals surface area (Å²) in [5.74, 6) is 1.69. The van der Waals surface area contributed by atoms with Gasteiger partial charge in [-0.15, -0.1) is 24.0 Å². The summed E-state index contributed by atoms with van der Waals surface area (Å²) < 4.78 is 5.33. The number of hydrogen-bond acceptors (Lipinski definition) is 3. The van der Waals surface area contributed by atoms with Crippen molar-refractivity contribution in [2.75, 3.05) is 24.5 Å². The summed E-state index contributed by atoms with van der Waals surface area (Å²) in [4.78, 5) is 6.94. The van der Waals surface area contributed by atoms with Crippen molar-refractivity contribution in [1.29, 1.82) is 0 Å². The average molecular weight is 475 g/mol. The van der Waals surface area contributed by atoms with Gasteiger partial charge in [-0.3, -0.25) is 0 Å². The molecule has 136 valence electrons. The molecular formula is C18H24ClIN4O. The number of nitrogens with zero attached hydrogens (tertiary/aromatic N) is 2. The van der Waals surface area contributed by atoms with Crippen LogP contribution in [-0.4, -0.2) is 31.6 Å². The quantitative estimate of drug-likeness (QED) is 0.392. The SMILES string of the molecule is CCNC(=NCc1ccco1)NC1CCN(c2cccc(Cl)c2)C1.I. The zero-order valence-electron chi connectivity index (χ0n) is 14.2. The molecule has 1 aliphatic rings. The van der Waals surface area contributed by atoms with Crippen molar-refractivity contribution in [3.8, 4) is 0 Å². The van der Waals surface area contributed by atoms with Gasteiger partial charge in [-0.2, -0.15) is 0 Å². The second kappa shape index (κ2) is 9.91. The van der Waals surface area contributed by atoms with Gasteiger partial charge in [0.05, 0.1) is 6.26 Å². The van der Waals surface area contributed by atoms with Gasteiger partial charge in [0, 0.05) is 36.4 Å². The van der Waals surface area contributed by atoms with Gasteiger partial charge in [0.1, 0.15) is 12.3 Å². The average Bonchev–Trinajstić information content (AvgIpc) is 3.25. The second-order valence-electron chi connectivity index (χ2n) is 5.83. The van der Waals surface area contributed by atoms with Crippen LogP contribution in [-0.2, 0) is 6.54 Å². The molecule has 0 amide bonds. The first kappa shape index (κ1) is 19.9. The molecule has 1 saturated heterocycles. The number of hydrogen-bond donors (Lipinski definition) is 2. The normalized spacial score (nSPS) is 17.3. The van der Waals surface area contributed by atoms with Gasteiger partial charge in [0.15, 0.2) is 5.96 Å². The third-order valence-corrected chi connectivity index (χ3v) is 4.25. The lowest BCUT2D eigenvalue weighted by atomic mass is 10.2. The third kappa shape index (κ3) is 5.81. The Balaban J connectivity index is 0.00000225. The molecule has 7 heteroatoms. The van der Waals surface area contributed by atoms with Crippen molar-refractivity contribution in [3.63, 3.8) is 0 Å². The minimum Gasteiger partial charge on any atom is -0.467 e. The highest BCUT2D eigenvalue weighted by Crippen LogP contribution is 2.23. The first-order valence-corrected chi connectivity index (χ1v) is 8.70. The molecule has 25 heavy (non-hydrogen) atoms. The number of benzene rings is 1. The summed E-state index contributed by atoms with van der Waals surface area (Å²) in [6, 6.07) is 12.2. The highest BCUT2D eigenvalue weighted by Gasteiger charge is 2.23. The largest absolute Gasteiger partial charge is 0.467 e. The van der Waals surface area contributed by atoms with Gasteiger partial charge in [-0.1, -0.05) is 17.7 Å². The molecule has 1 fully saturated rings. The Morgan fingerprint density at radius 3 is 2.96 bits per heavy atom. The molecule has 0 aliphatic carbocycles. The summed E-state index contributed by atoms with van der Waals surface area (Å²) in [7, 11) is 0. The van der Waals surface area contributed by atoms with Crippen LogP contribution in [0.15, 0.2) is 52.1 Å². The first-order valence-electron chi connectivity index (χ1n) is 8.32. The molecule has 1 aromatic carbocycles. The van der Waals surface area contributed by atoms with Gasteiger partial charge in [0.25, 0.3) is 0 Å². The predicted molar refractivity (Wildman–Crippen MR) is 114 cm³/mol. The molecule has 0 saturated carbocycles. The van der Waals surface area contributed by atoms with Crippen LogP contribution in [0.5, 0.6) is 0 Å². The third-order valence-electron chi connectivity index (χ3n) is 4.02. The number of nitrogens with one attached hydrogen (secondary N) is 2. The van der Waals surface area contributed by atoms with E-state index in [1.165, 1.54) is 5.69 Å². The van der Waals surface area contributed by atoms with Crippen molar-refractivity contribution in [1.82, 2.24) is 10.6 Å². The van der Waals surface area contributed by atoms with Gasteiger partial charge in [0.2, 0.25) is 0 Å². The van der Waals surface area contributed by atoms with E-state index in [-0.39, 0.29) is 24.0 Å². The van der Waals surface area contributed by atoms with Crippen molar-refractivity contribution < 1.29 is 4.42 Å². The smallest absolute Gasteiger partial charge is 0.191 e. The fourth-order valence-electron chi connectivity index (χ4n) is 2.86. The highest BCUT2D eigenvalue weighted by atomic mass is 127. The van der Waals surface area contributed by atoms with E-state index in [9.17, 15) is 0 Å². The van der Waals surface area contributed by atoms with Gasteiger partial charge < -0.3 is 20.0 Å². The number of halogens is 2. The number of aliphatic imine (C=N–C) groups is 1. The zero-order valence-corrected chi connectivity index (χ0v) is 17.3. The maximum Gasteiger partial charge on any atom is 0.191 e. The number of guanidine groups is 1. The van der Waals surface area contributed by atoms with E-state index >= 15 is 0 Å². The molecule has 1 aromatic heterocycles. The Kier molecular flexibility index (Phi) is 7.90. The molecule has 0 spiro atoms. The molecule has 0 radical (unpaired) electrons.